The first-order chi connectivity index (χ1) is 12.2. The second-order valence-corrected chi connectivity index (χ2v) is 6.07. The summed E-state index contributed by atoms with van der Waals surface area (Å²) >= 11 is 1.41. The molecule has 25 heavy (non-hydrogen) atoms. The SMILES string of the molecule is CCOc1ccc(-c2csc(/C(C#N)=C/c3ccc(F)cc3)n2)cc1. The molecule has 3 rings (SSSR count). The average Bonchev–Trinajstić information content (AvgIpc) is 3.12. The van der Waals surface area contributed by atoms with Gasteiger partial charge < -0.3 is 4.74 Å². The summed E-state index contributed by atoms with van der Waals surface area (Å²) in [6, 6.07) is 15.9. The number of benzene rings is 2. The molecule has 0 amide bonds. The predicted octanol–water partition coefficient (Wildman–Crippen LogP) is 5.41. The zero-order chi connectivity index (χ0) is 17.6. The third-order valence-electron chi connectivity index (χ3n) is 3.50. The quantitative estimate of drug-likeness (QED) is 0.578. The van der Waals surface area contributed by atoms with Crippen LogP contribution in [-0.4, -0.2) is 11.6 Å². The van der Waals surface area contributed by atoms with Gasteiger partial charge in [0.25, 0.3) is 0 Å². The first-order valence-electron chi connectivity index (χ1n) is 7.76. The van der Waals surface area contributed by atoms with Gasteiger partial charge in [-0.05, 0) is 55.0 Å². The van der Waals surface area contributed by atoms with Crippen molar-refractivity contribution < 1.29 is 9.13 Å². The summed E-state index contributed by atoms with van der Waals surface area (Å²) in [7, 11) is 0. The third kappa shape index (κ3) is 4.11. The lowest BCUT2D eigenvalue weighted by atomic mass is 10.1. The van der Waals surface area contributed by atoms with Crippen LogP contribution in [0.25, 0.3) is 22.9 Å². The summed E-state index contributed by atoms with van der Waals surface area (Å²) in [6.45, 7) is 2.57. The van der Waals surface area contributed by atoms with Crippen molar-refractivity contribution in [1.82, 2.24) is 4.98 Å². The number of nitriles is 1. The van der Waals surface area contributed by atoms with Gasteiger partial charge in [-0.15, -0.1) is 11.3 Å². The van der Waals surface area contributed by atoms with Crippen LogP contribution in [0.5, 0.6) is 5.75 Å². The Morgan fingerprint density at radius 2 is 1.92 bits per heavy atom. The largest absolute Gasteiger partial charge is 0.494 e. The topological polar surface area (TPSA) is 45.9 Å². The van der Waals surface area contributed by atoms with E-state index in [1.165, 1.54) is 23.5 Å². The first kappa shape index (κ1) is 16.9. The molecule has 0 unspecified atom stereocenters. The highest BCUT2D eigenvalue weighted by Crippen LogP contribution is 2.28. The van der Waals surface area contributed by atoms with E-state index in [2.05, 4.69) is 11.1 Å². The minimum atomic E-state index is -0.303. The van der Waals surface area contributed by atoms with Gasteiger partial charge in [0.05, 0.1) is 17.9 Å². The van der Waals surface area contributed by atoms with Crippen LogP contribution >= 0.6 is 11.3 Å². The molecular formula is C20H15FN2OS. The predicted molar refractivity (Wildman–Crippen MR) is 98.6 cm³/mol. The molecule has 1 heterocycles. The molecule has 0 fully saturated rings. The number of nitrogens with zero attached hydrogens (tertiary/aromatic N) is 2. The van der Waals surface area contributed by atoms with Crippen molar-refractivity contribution in [3.63, 3.8) is 0 Å². The minimum absolute atomic E-state index is 0.303. The van der Waals surface area contributed by atoms with Gasteiger partial charge in [-0.25, -0.2) is 9.37 Å². The molecule has 3 aromatic rings. The van der Waals surface area contributed by atoms with E-state index >= 15 is 0 Å². The zero-order valence-electron chi connectivity index (χ0n) is 13.6. The Labute approximate surface area is 149 Å². The number of ether oxygens (including phenoxy) is 1. The Balaban J connectivity index is 1.86. The number of aromatic nitrogens is 1. The lowest BCUT2D eigenvalue weighted by molar-refractivity contribution is 0.340. The van der Waals surface area contributed by atoms with Crippen LogP contribution in [0.3, 0.4) is 0 Å². The summed E-state index contributed by atoms with van der Waals surface area (Å²) < 4.78 is 18.4. The van der Waals surface area contributed by atoms with Crippen LogP contribution in [0, 0.1) is 17.1 Å². The molecule has 0 saturated carbocycles. The highest BCUT2D eigenvalue weighted by molar-refractivity contribution is 7.11. The van der Waals surface area contributed by atoms with E-state index in [1.807, 2.05) is 36.6 Å². The van der Waals surface area contributed by atoms with E-state index in [0.29, 0.717) is 17.2 Å². The molecule has 1 aromatic heterocycles. The third-order valence-corrected chi connectivity index (χ3v) is 4.37. The molecule has 0 aliphatic heterocycles. The summed E-state index contributed by atoms with van der Waals surface area (Å²) in [5, 5.41) is 12.0. The molecule has 0 saturated heterocycles. The van der Waals surface area contributed by atoms with Crippen LogP contribution in [0.2, 0.25) is 0 Å². The Bertz CT molecular complexity index is 922. The average molecular weight is 350 g/mol. The van der Waals surface area contributed by atoms with Crippen molar-refractivity contribution in [3.05, 3.63) is 70.3 Å². The maximum atomic E-state index is 13.0. The fourth-order valence-electron chi connectivity index (χ4n) is 2.29. The van der Waals surface area contributed by atoms with Crippen molar-refractivity contribution in [2.45, 2.75) is 6.92 Å². The standard InChI is InChI=1S/C20H15FN2OS/c1-2-24-18-9-5-15(6-10-18)19-13-25-20(23-19)16(12-22)11-14-3-7-17(21)8-4-14/h3-11,13H,2H2,1H3/b16-11+. The summed E-state index contributed by atoms with van der Waals surface area (Å²) in [5.41, 5.74) is 2.98. The fourth-order valence-corrected chi connectivity index (χ4v) is 3.08. The molecule has 3 nitrogen and oxygen atoms in total. The van der Waals surface area contributed by atoms with E-state index in [1.54, 1.807) is 18.2 Å². The molecule has 0 N–H and O–H groups in total. The summed E-state index contributed by atoms with van der Waals surface area (Å²) in [5.74, 6) is 0.512. The van der Waals surface area contributed by atoms with Crippen molar-refractivity contribution in [1.29, 1.82) is 5.26 Å². The first-order valence-corrected chi connectivity index (χ1v) is 8.64. The maximum Gasteiger partial charge on any atom is 0.134 e. The molecule has 0 aliphatic carbocycles. The second kappa shape index (κ2) is 7.73. The smallest absolute Gasteiger partial charge is 0.134 e. The van der Waals surface area contributed by atoms with Crippen LogP contribution < -0.4 is 4.74 Å². The van der Waals surface area contributed by atoms with E-state index < -0.39 is 0 Å². The number of thiazole rings is 1. The lowest BCUT2D eigenvalue weighted by Crippen LogP contribution is -1.90. The Morgan fingerprint density at radius 1 is 1.20 bits per heavy atom. The van der Waals surface area contributed by atoms with E-state index in [4.69, 9.17) is 4.74 Å². The van der Waals surface area contributed by atoms with Gasteiger partial charge in [0.2, 0.25) is 0 Å². The van der Waals surface area contributed by atoms with Crippen molar-refractivity contribution >= 4 is 23.0 Å². The van der Waals surface area contributed by atoms with E-state index in [0.717, 1.165) is 22.6 Å². The molecule has 124 valence electrons. The van der Waals surface area contributed by atoms with Gasteiger partial charge in [0.1, 0.15) is 22.6 Å². The van der Waals surface area contributed by atoms with E-state index in [-0.39, 0.29) is 5.82 Å². The Morgan fingerprint density at radius 3 is 2.56 bits per heavy atom. The van der Waals surface area contributed by atoms with Gasteiger partial charge in [0.15, 0.2) is 0 Å². The van der Waals surface area contributed by atoms with Gasteiger partial charge >= 0.3 is 0 Å². The van der Waals surface area contributed by atoms with Crippen molar-refractivity contribution in [2.75, 3.05) is 6.61 Å². The second-order valence-electron chi connectivity index (χ2n) is 5.22. The number of hydrogen-bond acceptors (Lipinski definition) is 4. The fraction of sp³-hybridized carbons (Fsp3) is 0.100. The van der Waals surface area contributed by atoms with Crippen LogP contribution in [0.1, 0.15) is 17.5 Å². The lowest BCUT2D eigenvalue weighted by Gasteiger charge is -2.03. The summed E-state index contributed by atoms with van der Waals surface area (Å²) in [4.78, 5) is 4.55. The molecule has 0 bridgehead atoms. The number of hydrogen-bond donors (Lipinski definition) is 0. The summed E-state index contributed by atoms with van der Waals surface area (Å²) in [6.07, 6.45) is 1.71. The molecule has 5 heteroatoms. The zero-order valence-corrected chi connectivity index (χ0v) is 14.4. The minimum Gasteiger partial charge on any atom is -0.494 e. The highest BCUT2D eigenvalue weighted by Gasteiger charge is 2.09. The van der Waals surface area contributed by atoms with Gasteiger partial charge in [-0.3, -0.25) is 0 Å². The molecule has 2 aromatic carbocycles. The molecule has 0 radical (unpaired) electrons. The maximum absolute atomic E-state index is 13.0. The molecule has 0 aliphatic rings. The highest BCUT2D eigenvalue weighted by atomic mass is 32.1. The van der Waals surface area contributed by atoms with Crippen LogP contribution in [0.15, 0.2) is 53.9 Å². The normalized spacial score (nSPS) is 11.2. The van der Waals surface area contributed by atoms with Crippen LogP contribution in [-0.2, 0) is 0 Å². The molecular weight excluding hydrogens is 335 g/mol. The van der Waals surface area contributed by atoms with Gasteiger partial charge in [0, 0.05) is 10.9 Å². The monoisotopic (exact) mass is 350 g/mol. The molecule has 0 spiro atoms. The van der Waals surface area contributed by atoms with E-state index in [9.17, 15) is 9.65 Å². The Hall–Kier alpha value is -2.97. The number of allylic oxidation sites excluding steroid dienone is 1. The Kier molecular flexibility index (Phi) is 5.22. The van der Waals surface area contributed by atoms with Gasteiger partial charge in [-0.1, -0.05) is 12.1 Å². The number of rotatable bonds is 5. The molecule has 0 atom stereocenters. The van der Waals surface area contributed by atoms with Gasteiger partial charge in [-0.2, -0.15) is 5.26 Å². The number of halogens is 1. The van der Waals surface area contributed by atoms with Crippen molar-refractivity contribution in [3.8, 4) is 23.1 Å². The van der Waals surface area contributed by atoms with Crippen LogP contribution in [0.4, 0.5) is 4.39 Å². The van der Waals surface area contributed by atoms with Crippen molar-refractivity contribution in [2.24, 2.45) is 0 Å².